The summed E-state index contributed by atoms with van der Waals surface area (Å²) in [6, 6.07) is 8.79. The van der Waals surface area contributed by atoms with E-state index in [-0.39, 0.29) is 23.7 Å². The molecule has 0 saturated carbocycles. The summed E-state index contributed by atoms with van der Waals surface area (Å²) in [5.41, 5.74) is 1.63. The molecular weight excluding hydrogens is 420 g/mol. The van der Waals surface area contributed by atoms with Gasteiger partial charge in [-0.15, -0.1) is 4.40 Å². The lowest BCUT2D eigenvalue weighted by atomic mass is 10.1. The summed E-state index contributed by atoms with van der Waals surface area (Å²) in [5, 5.41) is 2.71. The number of aryl methyl sites for hydroxylation is 1. The Morgan fingerprint density at radius 1 is 1.19 bits per heavy atom. The Bertz CT molecular complexity index is 1220. The quantitative estimate of drug-likeness (QED) is 0.761. The van der Waals surface area contributed by atoms with Gasteiger partial charge in [-0.1, -0.05) is 6.07 Å². The number of amides is 1. The minimum Gasteiger partial charge on any atom is -0.493 e. The van der Waals surface area contributed by atoms with Crippen LogP contribution in [0.25, 0.3) is 0 Å². The van der Waals surface area contributed by atoms with E-state index in [1.54, 1.807) is 42.5 Å². The molecule has 2 aliphatic rings. The van der Waals surface area contributed by atoms with E-state index in [1.807, 2.05) is 19.1 Å². The molecule has 1 amide bonds. The minimum absolute atomic E-state index is 0.0904. The molecule has 31 heavy (non-hydrogen) atoms. The molecule has 0 fully saturated rings. The van der Waals surface area contributed by atoms with E-state index in [9.17, 15) is 13.2 Å². The van der Waals surface area contributed by atoms with Crippen molar-refractivity contribution in [2.45, 2.75) is 6.92 Å². The second-order valence-electron chi connectivity index (χ2n) is 6.91. The van der Waals surface area contributed by atoms with Crippen LogP contribution < -0.4 is 14.8 Å². The number of nitrogens with zero attached hydrogens (tertiary/aromatic N) is 3. The van der Waals surface area contributed by atoms with Crippen molar-refractivity contribution in [2.75, 3.05) is 24.7 Å². The lowest BCUT2D eigenvalue weighted by Gasteiger charge is -2.28. The number of carbonyl (C=O) groups excluding carboxylic acids is 1. The zero-order valence-corrected chi connectivity index (χ0v) is 17.7. The topological polar surface area (TPSA) is 110 Å². The van der Waals surface area contributed by atoms with Gasteiger partial charge in [0.05, 0.1) is 30.3 Å². The van der Waals surface area contributed by atoms with Crippen LogP contribution in [0.1, 0.15) is 5.56 Å². The number of benzene rings is 1. The fraction of sp³-hybridized carbons (Fsp3) is 0.190. The van der Waals surface area contributed by atoms with E-state index in [1.165, 1.54) is 12.3 Å². The Kier molecular flexibility index (Phi) is 5.47. The third-order valence-corrected chi connectivity index (χ3v) is 5.78. The largest absolute Gasteiger partial charge is 0.493 e. The van der Waals surface area contributed by atoms with Gasteiger partial charge in [0.2, 0.25) is 5.88 Å². The fourth-order valence-electron chi connectivity index (χ4n) is 3.08. The van der Waals surface area contributed by atoms with Gasteiger partial charge in [-0.25, -0.2) is 13.4 Å². The van der Waals surface area contributed by atoms with Crippen LogP contribution in [-0.2, 0) is 14.8 Å². The predicted molar refractivity (Wildman–Crippen MR) is 116 cm³/mol. The van der Waals surface area contributed by atoms with E-state index in [4.69, 9.17) is 9.47 Å². The van der Waals surface area contributed by atoms with Crippen LogP contribution in [0.4, 0.5) is 5.69 Å². The SMILES string of the molecule is COc1cc(C)ccc1Oc1ccc(NC(=O)C2=CC=CN3CCS(=O)(=O)N=C23)cn1. The summed E-state index contributed by atoms with van der Waals surface area (Å²) >= 11 is 0. The zero-order chi connectivity index (χ0) is 22.0. The lowest BCUT2D eigenvalue weighted by molar-refractivity contribution is -0.112. The third kappa shape index (κ3) is 4.58. The Labute approximate surface area is 179 Å². The van der Waals surface area contributed by atoms with Crippen LogP contribution in [0.3, 0.4) is 0 Å². The molecular formula is C21H20N4O5S. The van der Waals surface area contributed by atoms with Gasteiger partial charge in [0.15, 0.2) is 17.3 Å². The number of ether oxygens (including phenoxy) is 2. The van der Waals surface area contributed by atoms with Crippen molar-refractivity contribution in [3.05, 3.63) is 66.0 Å². The van der Waals surface area contributed by atoms with Gasteiger partial charge >= 0.3 is 0 Å². The standard InChI is InChI=1S/C21H20N4O5S/c1-14-5-7-17(18(12-14)29-2)30-19-8-6-15(13-22-19)23-21(26)16-4-3-9-25-10-11-31(27,28)24-20(16)25/h3-9,12-13H,10-11H2,1-2H3,(H,23,26). The first-order valence-electron chi connectivity index (χ1n) is 9.43. The number of pyridine rings is 1. The number of sulfonamides is 1. The molecule has 0 bridgehead atoms. The summed E-state index contributed by atoms with van der Waals surface area (Å²) in [5.74, 6) is 0.977. The third-order valence-electron chi connectivity index (χ3n) is 4.63. The van der Waals surface area contributed by atoms with Gasteiger partial charge in [0, 0.05) is 18.8 Å². The van der Waals surface area contributed by atoms with Crippen LogP contribution in [-0.4, -0.2) is 49.5 Å². The Morgan fingerprint density at radius 2 is 2.03 bits per heavy atom. The molecule has 0 saturated heterocycles. The van der Waals surface area contributed by atoms with E-state index < -0.39 is 15.9 Å². The molecule has 0 atom stereocenters. The highest BCUT2D eigenvalue weighted by Crippen LogP contribution is 2.31. The predicted octanol–water partition coefficient (Wildman–Crippen LogP) is 2.63. The number of allylic oxidation sites excluding steroid dienone is 2. The van der Waals surface area contributed by atoms with Crippen LogP contribution >= 0.6 is 0 Å². The Hall–Kier alpha value is -3.66. The second-order valence-corrected chi connectivity index (χ2v) is 8.67. The van der Waals surface area contributed by atoms with Crippen molar-refractivity contribution in [3.8, 4) is 17.4 Å². The lowest BCUT2D eigenvalue weighted by Crippen LogP contribution is -2.40. The molecule has 10 heteroatoms. The number of rotatable bonds is 5. The maximum absolute atomic E-state index is 12.7. The number of nitrogens with one attached hydrogen (secondary N) is 1. The van der Waals surface area contributed by atoms with Gasteiger partial charge in [-0.05, 0) is 42.8 Å². The number of anilines is 1. The van der Waals surface area contributed by atoms with Crippen molar-refractivity contribution in [3.63, 3.8) is 0 Å². The molecule has 4 rings (SSSR count). The van der Waals surface area contributed by atoms with Gasteiger partial charge in [-0.3, -0.25) is 4.79 Å². The fourth-order valence-corrected chi connectivity index (χ4v) is 4.06. The molecule has 2 aliphatic heterocycles. The average molecular weight is 440 g/mol. The average Bonchev–Trinajstić information content (AvgIpc) is 2.75. The number of aromatic nitrogens is 1. The maximum atomic E-state index is 12.7. The highest BCUT2D eigenvalue weighted by atomic mass is 32.2. The molecule has 0 aliphatic carbocycles. The number of amidine groups is 1. The van der Waals surface area contributed by atoms with Gasteiger partial charge in [0.25, 0.3) is 15.9 Å². The van der Waals surface area contributed by atoms with Crippen molar-refractivity contribution in [1.29, 1.82) is 0 Å². The van der Waals surface area contributed by atoms with E-state index in [2.05, 4.69) is 14.7 Å². The minimum atomic E-state index is -3.58. The summed E-state index contributed by atoms with van der Waals surface area (Å²) in [6.07, 6.45) is 6.34. The normalized spacial score (nSPS) is 16.6. The second kappa shape index (κ2) is 8.23. The summed E-state index contributed by atoms with van der Waals surface area (Å²) in [7, 11) is -2.02. The number of carbonyl (C=O) groups is 1. The molecule has 0 spiro atoms. The molecule has 2 aromatic rings. The smallest absolute Gasteiger partial charge is 0.259 e. The van der Waals surface area contributed by atoms with E-state index in [0.29, 0.717) is 23.1 Å². The van der Waals surface area contributed by atoms with Gasteiger partial charge in [-0.2, -0.15) is 0 Å². The van der Waals surface area contributed by atoms with Crippen molar-refractivity contribution >= 4 is 27.5 Å². The molecule has 1 aromatic heterocycles. The highest BCUT2D eigenvalue weighted by Gasteiger charge is 2.30. The molecule has 1 N–H and O–H groups in total. The number of methoxy groups -OCH3 is 1. The molecule has 1 aromatic carbocycles. The van der Waals surface area contributed by atoms with Crippen LogP contribution in [0.2, 0.25) is 0 Å². The van der Waals surface area contributed by atoms with Crippen LogP contribution in [0, 0.1) is 6.92 Å². The van der Waals surface area contributed by atoms with Crippen LogP contribution in [0.15, 0.2) is 64.9 Å². The van der Waals surface area contributed by atoms with Gasteiger partial charge < -0.3 is 19.7 Å². The summed E-state index contributed by atoms with van der Waals surface area (Å²) < 4.78 is 38.5. The summed E-state index contributed by atoms with van der Waals surface area (Å²) in [4.78, 5) is 18.6. The molecule has 0 radical (unpaired) electrons. The highest BCUT2D eigenvalue weighted by molar-refractivity contribution is 7.90. The first-order valence-corrected chi connectivity index (χ1v) is 11.0. The maximum Gasteiger partial charge on any atom is 0.259 e. The first-order chi connectivity index (χ1) is 14.8. The van der Waals surface area contributed by atoms with Gasteiger partial charge in [0.1, 0.15) is 0 Å². The van der Waals surface area contributed by atoms with Crippen molar-refractivity contribution < 1.29 is 22.7 Å². The molecule has 160 valence electrons. The van der Waals surface area contributed by atoms with E-state index in [0.717, 1.165) is 5.56 Å². The van der Waals surface area contributed by atoms with Crippen LogP contribution in [0.5, 0.6) is 17.4 Å². The number of hydrogen-bond donors (Lipinski definition) is 1. The summed E-state index contributed by atoms with van der Waals surface area (Å²) in [6.45, 7) is 2.20. The number of hydrogen-bond acceptors (Lipinski definition) is 7. The monoisotopic (exact) mass is 440 g/mol. The molecule has 9 nitrogen and oxygen atoms in total. The zero-order valence-electron chi connectivity index (χ0n) is 16.9. The van der Waals surface area contributed by atoms with Crippen molar-refractivity contribution in [1.82, 2.24) is 9.88 Å². The van der Waals surface area contributed by atoms with Crippen molar-refractivity contribution in [2.24, 2.45) is 4.40 Å². The Balaban J connectivity index is 1.48. The first kappa shape index (κ1) is 20.6. The molecule has 0 unspecified atom stereocenters. The van der Waals surface area contributed by atoms with E-state index >= 15 is 0 Å². The number of fused-ring (bicyclic) bond motifs is 1. The Morgan fingerprint density at radius 3 is 2.77 bits per heavy atom. The molecule has 3 heterocycles.